The first-order valence-corrected chi connectivity index (χ1v) is 7.67. The Hall–Kier alpha value is -0.570. The summed E-state index contributed by atoms with van der Waals surface area (Å²) in [6.07, 6.45) is 3.23. The van der Waals surface area contributed by atoms with Crippen LogP contribution >= 0.6 is 0 Å². The lowest BCUT2D eigenvalue weighted by molar-refractivity contribution is -0.131. The zero-order valence-electron chi connectivity index (χ0n) is 13.0. The molecular weight excluding hydrogens is 238 g/mol. The largest absolute Gasteiger partial charge is 0.383 e. The van der Waals surface area contributed by atoms with Crippen molar-refractivity contribution >= 4 is 5.91 Å². The highest BCUT2D eigenvalue weighted by molar-refractivity contribution is 5.80. The van der Waals surface area contributed by atoms with E-state index in [2.05, 4.69) is 26.1 Å². The smallest absolute Gasteiger partial charge is 0.249 e. The van der Waals surface area contributed by atoms with Gasteiger partial charge in [-0.15, -0.1) is 0 Å². The van der Waals surface area contributed by atoms with Crippen LogP contribution in [0, 0.1) is 22.7 Å². The van der Waals surface area contributed by atoms with Gasteiger partial charge in [0.25, 0.3) is 0 Å². The van der Waals surface area contributed by atoms with Crippen LogP contribution in [0.15, 0.2) is 0 Å². The van der Waals surface area contributed by atoms with E-state index in [0.717, 1.165) is 6.42 Å². The molecule has 2 bridgehead atoms. The third-order valence-corrected chi connectivity index (χ3v) is 6.11. The van der Waals surface area contributed by atoms with Crippen molar-refractivity contribution in [2.45, 2.75) is 72.4 Å². The summed E-state index contributed by atoms with van der Waals surface area (Å²) in [6.45, 7) is 11.0. The first-order valence-electron chi connectivity index (χ1n) is 7.67. The maximum atomic E-state index is 12.1. The van der Waals surface area contributed by atoms with Crippen LogP contribution in [0.3, 0.4) is 0 Å². The Kier molecular flexibility index (Phi) is 3.72. The van der Waals surface area contributed by atoms with Crippen molar-refractivity contribution in [2.75, 3.05) is 0 Å². The predicted molar refractivity (Wildman–Crippen MR) is 76.6 cm³/mol. The summed E-state index contributed by atoms with van der Waals surface area (Å²) in [7, 11) is 0. The highest BCUT2D eigenvalue weighted by atomic mass is 16.3. The van der Waals surface area contributed by atoms with Gasteiger partial charge in [-0.05, 0) is 48.3 Å². The van der Waals surface area contributed by atoms with Crippen LogP contribution in [0.1, 0.15) is 60.3 Å². The molecule has 2 N–H and O–H groups in total. The SMILES string of the molecule is CC(C)C[C@H](O)C(=O)N[C@@H]1C[C@H]2CC[C@]1(C)C2(C)C. The van der Waals surface area contributed by atoms with E-state index in [4.69, 9.17) is 0 Å². The topological polar surface area (TPSA) is 49.3 Å². The second kappa shape index (κ2) is 4.76. The van der Waals surface area contributed by atoms with Gasteiger partial charge in [-0.2, -0.15) is 0 Å². The highest BCUT2D eigenvalue weighted by Gasteiger charge is 2.61. The normalized spacial score (nSPS) is 37.6. The summed E-state index contributed by atoms with van der Waals surface area (Å²) in [5, 5.41) is 13.0. The molecule has 0 saturated heterocycles. The van der Waals surface area contributed by atoms with Crippen LogP contribution in [0.5, 0.6) is 0 Å². The molecule has 2 saturated carbocycles. The molecule has 2 fully saturated rings. The molecule has 0 aromatic carbocycles. The van der Waals surface area contributed by atoms with Crippen molar-refractivity contribution in [3.8, 4) is 0 Å². The molecule has 2 aliphatic carbocycles. The van der Waals surface area contributed by atoms with Gasteiger partial charge in [0.05, 0.1) is 0 Å². The molecule has 0 radical (unpaired) electrons. The average Bonchev–Trinajstić information content (AvgIpc) is 2.61. The molecular formula is C16H29NO2. The first kappa shape index (κ1) is 14.8. The molecule has 110 valence electrons. The number of carbonyl (C=O) groups excluding carboxylic acids is 1. The summed E-state index contributed by atoms with van der Waals surface area (Å²) in [4.78, 5) is 12.1. The van der Waals surface area contributed by atoms with Crippen LogP contribution < -0.4 is 5.32 Å². The van der Waals surface area contributed by atoms with E-state index in [-0.39, 0.29) is 17.4 Å². The van der Waals surface area contributed by atoms with E-state index in [1.807, 2.05) is 13.8 Å². The lowest BCUT2D eigenvalue weighted by atomic mass is 9.69. The van der Waals surface area contributed by atoms with Crippen LogP contribution in [-0.4, -0.2) is 23.2 Å². The lowest BCUT2D eigenvalue weighted by Gasteiger charge is -2.39. The van der Waals surface area contributed by atoms with Gasteiger partial charge in [-0.3, -0.25) is 4.79 Å². The summed E-state index contributed by atoms with van der Waals surface area (Å²) < 4.78 is 0. The van der Waals surface area contributed by atoms with Crippen molar-refractivity contribution in [2.24, 2.45) is 22.7 Å². The zero-order valence-corrected chi connectivity index (χ0v) is 13.0. The molecule has 4 atom stereocenters. The molecule has 0 heterocycles. The van der Waals surface area contributed by atoms with Crippen molar-refractivity contribution in [1.29, 1.82) is 0 Å². The fourth-order valence-corrected chi connectivity index (χ4v) is 4.24. The fourth-order valence-electron chi connectivity index (χ4n) is 4.24. The highest BCUT2D eigenvalue weighted by Crippen LogP contribution is 2.65. The predicted octanol–water partition coefficient (Wildman–Crippen LogP) is 2.72. The van der Waals surface area contributed by atoms with Crippen LogP contribution in [0.4, 0.5) is 0 Å². The zero-order chi connectivity index (χ0) is 14.4. The van der Waals surface area contributed by atoms with Crippen LogP contribution in [-0.2, 0) is 4.79 Å². The summed E-state index contributed by atoms with van der Waals surface area (Å²) in [5.41, 5.74) is 0.485. The summed E-state index contributed by atoms with van der Waals surface area (Å²) >= 11 is 0. The summed E-state index contributed by atoms with van der Waals surface area (Å²) in [5.74, 6) is 0.876. The van der Waals surface area contributed by atoms with Crippen molar-refractivity contribution < 1.29 is 9.90 Å². The van der Waals surface area contributed by atoms with Gasteiger partial charge in [0.15, 0.2) is 0 Å². The van der Waals surface area contributed by atoms with Crippen molar-refractivity contribution in [3.63, 3.8) is 0 Å². The quantitative estimate of drug-likeness (QED) is 0.823. The molecule has 2 rings (SSSR count). The van der Waals surface area contributed by atoms with E-state index in [1.54, 1.807) is 0 Å². The van der Waals surface area contributed by atoms with E-state index in [0.29, 0.717) is 23.7 Å². The minimum atomic E-state index is -0.856. The summed E-state index contributed by atoms with van der Waals surface area (Å²) in [6, 6.07) is 0.232. The number of fused-ring (bicyclic) bond motifs is 2. The number of rotatable bonds is 4. The molecule has 2 aliphatic rings. The molecule has 0 aromatic heterocycles. The Morgan fingerprint density at radius 3 is 2.42 bits per heavy atom. The monoisotopic (exact) mass is 267 g/mol. The number of hydrogen-bond acceptors (Lipinski definition) is 2. The minimum Gasteiger partial charge on any atom is -0.383 e. The minimum absolute atomic E-state index is 0.178. The molecule has 3 nitrogen and oxygen atoms in total. The first-order chi connectivity index (χ1) is 8.68. The fraction of sp³-hybridized carbons (Fsp3) is 0.938. The number of amides is 1. The number of hydrogen-bond donors (Lipinski definition) is 2. The van der Waals surface area contributed by atoms with E-state index < -0.39 is 6.10 Å². The molecule has 0 aromatic rings. The Bertz CT molecular complexity index is 364. The third kappa shape index (κ3) is 2.31. The Balaban J connectivity index is 2.00. The number of aliphatic hydroxyl groups is 1. The van der Waals surface area contributed by atoms with Gasteiger partial charge in [-0.1, -0.05) is 34.6 Å². The number of carbonyl (C=O) groups is 1. The Morgan fingerprint density at radius 2 is 2.00 bits per heavy atom. The van der Waals surface area contributed by atoms with Gasteiger partial charge in [0, 0.05) is 6.04 Å². The Morgan fingerprint density at radius 1 is 1.37 bits per heavy atom. The number of aliphatic hydroxyl groups excluding tert-OH is 1. The van der Waals surface area contributed by atoms with Gasteiger partial charge in [0.1, 0.15) is 6.10 Å². The maximum absolute atomic E-state index is 12.1. The van der Waals surface area contributed by atoms with Gasteiger partial charge in [0.2, 0.25) is 5.91 Å². The van der Waals surface area contributed by atoms with Crippen LogP contribution in [0.2, 0.25) is 0 Å². The van der Waals surface area contributed by atoms with Gasteiger partial charge >= 0.3 is 0 Å². The van der Waals surface area contributed by atoms with E-state index in [1.165, 1.54) is 12.8 Å². The number of nitrogens with one attached hydrogen (secondary N) is 1. The van der Waals surface area contributed by atoms with E-state index in [9.17, 15) is 9.90 Å². The second-order valence-electron chi connectivity index (χ2n) is 7.82. The lowest BCUT2D eigenvalue weighted by Crippen LogP contribution is -2.49. The third-order valence-electron chi connectivity index (χ3n) is 6.11. The van der Waals surface area contributed by atoms with Gasteiger partial charge < -0.3 is 10.4 Å². The second-order valence-corrected chi connectivity index (χ2v) is 7.82. The standard InChI is InChI=1S/C16H29NO2/c1-10(2)8-12(18)14(19)17-13-9-11-6-7-16(13,5)15(11,3)4/h10-13,18H,6-9H2,1-5H3,(H,17,19)/t11-,12+,13-,16+/m1/s1. The molecule has 0 unspecified atom stereocenters. The molecule has 0 spiro atoms. The maximum Gasteiger partial charge on any atom is 0.249 e. The van der Waals surface area contributed by atoms with Crippen LogP contribution in [0.25, 0.3) is 0 Å². The van der Waals surface area contributed by atoms with E-state index >= 15 is 0 Å². The molecule has 1 amide bonds. The van der Waals surface area contributed by atoms with Crippen molar-refractivity contribution in [3.05, 3.63) is 0 Å². The molecule has 19 heavy (non-hydrogen) atoms. The average molecular weight is 267 g/mol. The molecule has 0 aliphatic heterocycles. The molecule has 3 heteroatoms. The van der Waals surface area contributed by atoms with Gasteiger partial charge in [-0.25, -0.2) is 0 Å². The van der Waals surface area contributed by atoms with Crippen molar-refractivity contribution in [1.82, 2.24) is 5.32 Å². The Labute approximate surface area is 117 Å².